The van der Waals surface area contributed by atoms with Crippen LogP contribution in [-0.2, 0) is 0 Å². The number of hydrogen-bond acceptors (Lipinski definition) is 2. The molecule has 102 valence electrons. The highest BCUT2D eigenvalue weighted by Gasteiger charge is 2.05. The van der Waals surface area contributed by atoms with E-state index in [9.17, 15) is 9.18 Å². The van der Waals surface area contributed by atoms with Gasteiger partial charge in [0.05, 0.1) is 16.3 Å². The van der Waals surface area contributed by atoms with E-state index in [1.54, 1.807) is 18.2 Å². The summed E-state index contributed by atoms with van der Waals surface area (Å²) in [5, 5.41) is 4.63. The van der Waals surface area contributed by atoms with Crippen molar-refractivity contribution in [3.05, 3.63) is 69.5 Å². The Hall–Kier alpha value is -1.91. The van der Waals surface area contributed by atoms with Crippen molar-refractivity contribution in [3.8, 4) is 0 Å². The number of hydrogen-bond donors (Lipinski definition) is 1. The molecule has 0 atom stereocenters. The van der Waals surface area contributed by atoms with Crippen LogP contribution in [0.2, 0.25) is 10.0 Å². The molecule has 0 radical (unpaired) electrons. The van der Waals surface area contributed by atoms with Gasteiger partial charge in [0.25, 0.3) is 5.91 Å². The predicted octanol–water partition coefficient (Wildman–Crippen LogP) is 3.90. The van der Waals surface area contributed by atoms with Crippen LogP contribution >= 0.6 is 23.2 Å². The Labute approximate surface area is 125 Å². The molecule has 0 saturated heterocycles. The van der Waals surface area contributed by atoms with Crippen molar-refractivity contribution in [1.29, 1.82) is 0 Å². The van der Waals surface area contributed by atoms with Gasteiger partial charge < -0.3 is 0 Å². The van der Waals surface area contributed by atoms with Crippen LogP contribution in [-0.4, -0.2) is 12.1 Å². The Kier molecular flexibility index (Phi) is 4.71. The van der Waals surface area contributed by atoms with Gasteiger partial charge in [-0.05, 0) is 36.4 Å². The van der Waals surface area contributed by atoms with Crippen LogP contribution in [0.3, 0.4) is 0 Å². The van der Waals surface area contributed by atoms with Crippen LogP contribution in [0.1, 0.15) is 15.9 Å². The Morgan fingerprint density at radius 3 is 2.30 bits per heavy atom. The average Bonchev–Trinajstić information content (AvgIpc) is 2.42. The van der Waals surface area contributed by atoms with Gasteiger partial charge in [-0.1, -0.05) is 29.3 Å². The van der Waals surface area contributed by atoms with Gasteiger partial charge in [-0.3, -0.25) is 4.79 Å². The summed E-state index contributed by atoms with van der Waals surface area (Å²) in [6.45, 7) is 0. The molecule has 2 rings (SSSR count). The molecule has 0 unspecified atom stereocenters. The van der Waals surface area contributed by atoms with Gasteiger partial charge in [0, 0.05) is 11.1 Å². The zero-order chi connectivity index (χ0) is 14.5. The molecule has 6 heteroatoms. The van der Waals surface area contributed by atoms with E-state index in [1.165, 1.54) is 30.5 Å². The number of rotatable bonds is 3. The standard InChI is InChI=1S/C14H9Cl2FN2O/c15-12-2-1-3-13(16)11(12)8-18-19-14(20)9-4-6-10(17)7-5-9/h1-8H,(H,19,20). The van der Waals surface area contributed by atoms with Gasteiger partial charge >= 0.3 is 0 Å². The summed E-state index contributed by atoms with van der Waals surface area (Å²) in [7, 11) is 0. The van der Waals surface area contributed by atoms with E-state index in [4.69, 9.17) is 23.2 Å². The highest BCUT2D eigenvalue weighted by molar-refractivity contribution is 6.38. The number of benzene rings is 2. The lowest BCUT2D eigenvalue weighted by Gasteiger charge is -2.01. The molecule has 0 bridgehead atoms. The summed E-state index contributed by atoms with van der Waals surface area (Å²) >= 11 is 11.9. The molecule has 0 saturated carbocycles. The zero-order valence-electron chi connectivity index (χ0n) is 10.1. The molecular weight excluding hydrogens is 302 g/mol. The van der Waals surface area contributed by atoms with E-state index in [-0.39, 0.29) is 0 Å². The van der Waals surface area contributed by atoms with Crippen LogP contribution < -0.4 is 5.43 Å². The summed E-state index contributed by atoms with van der Waals surface area (Å²) in [5.74, 6) is -0.864. The van der Waals surface area contributed by atoms with Gasteiger partial charge in [0.1, 0.15) is 5.82 Å². The van der Waals surface area contributed by atoms with Crippen LogP contribution in [0.15, 0.2) is 47.6 Å². The number of nitrogens with one attached hydrogen (secondary N) is 1. The van der Waals surface area contributed by atoms with E-state index in [0.717, 1.165) is 0 Å². The molecule has 0 spiro atoms. The number of hydrazone groups is 1. The Morgan fingerprint density at radius 2 is 1.70 bits per heavy atom. The minimum Gasteiger partial charge on any atom is -0.267 e. The first kappa shape index (κ1) is 14.5. The monoisotopic (exact) mass is 310 g/mol. The summed E-state index contributed by atoms with van der Waals surface area (Å²) < 4.78 is 12.7. The highest BCUT2D eigenvalue weighted by atomic mass is 35.5. The smallest absolute Gasteiger partial charge is 0.267 e. The summed E-state index contributed by atoms with van der Waals surface area (Å²) in [5.41, 5.74) is 3.12. The first-order valence-electron chi connectivity index (χ1n) is 5.61. The summed E-state index contributed by atoms with van der Waals surface area (Å²) in [4.78, 5) is 11.7. The molecule has 3 nitrogen and oxygen atoms in total. The van der Waals surface area contributed by atoms with Crippen LogP contribution in [0, 0.1) is 5.82 Å². The minimum absolute atomic E-state index is 0.300. The fraction of sp³-hybridized carbons (Fsp3) is 0. The molecular formula is C14H9Cl2FN2O. The van der Waals surface area contributed by atoms with Crippen molar-refractivity contribution in [2.75, 3.05) is 0 Å². The van der Waals surface area contributed by atoms with Gasteiger partial charge in [-0.2, -0.15) is 5.10 Å². The quantitative estimate of drug-likeness (QED) is 0.678. The maximum atomic E-state index is 12.7. The second-order valence-corrected chi connectivity index (χ2v) is 4.66. The molecule has 1 amide bonds. The third-order valence-corrected chi connectivity index (χ3v) is 3.13. The van der Waals surface area contributed by atoms with E-state index >= 15 is 0 Å². The maximum absolute atomic E-state index is 12.7. The molecule has 0 aliphatic rings. The number of carbonyl (C=O) groups excluding carboxylic acids is 1. The Balaban J connectivity index is 2.06. The molecule has 20 heavy (non-hydrogen) atoms. The largest absolute Gasteiger partial charge is 0.271 e. The van der Waals surface area contributed by atoms with Gasteiger partial charge in [0.15, 0.2) is 0 Å². The lowest BCUT2D eigenvalue weighted by atomic mass is 10.2. The molecule has 2 aromatic carbocycles. The van der Waals surface area contributed by atoms with Gasteiger partial charge in [-0.25, -0.2) is 9.82 Å². The lowest BCUT2D eigenvalue weighted by Crippen LogP contribution is -2.17. The van der Waals surface area contributed by atoms with E-state index in [2.05, 4.69) is 10.5 Å². The van der Waals surface area contributed by atoms with Crippen molar-refractivity contribution in [2.45, 2.75) is 0 Å². The van der Waals surface area contributed by atoms with E-state index in [0.29, 0.717) is 21.2 Å². The van der Waals surface area contributed by atoms with E-state index < -0.39 is 11.7 Å². The zero-order valence-corrected chi connectivity index (χ0v) is 11.6. The molecule has 0 fully saturated rings. The van der Waals surface area contributed by atoms with Crippen molar-refractivity contribution >= 4 is 35.3 Å². The number of amides is 1. The number of carbonyl (C=O) groups is 1. The second kappa shape index (κ2) is 6.50. The molecule has 1 N–H and O–H groups in total. The third kappa shape index (κ3) is 3.56. The predicted molar refractivity (Wildman–Crippen MR) is 77.9 cm³/mol. The second-order valence-electron chi connectivity index (χ2n) is 3.84. The highest BCUT2D eigenvalue weighted by Crippen LogP contribution is 2.21. The fourth-order valence-electron chi connectivity index (χ4n) is 1.46. The normalized spacial score (nSPS) is 10.8. The van der Waals surface area contributed by atoms with Crippen LogP contribution in [0.5, 0.6) is 0 Å². The maximum Gasteiger partial charge on any atom is 0.271 e. The van der Waals surface area contributed by atoms with Crippen molar-refractivity contribution in [3.63, 3.8) is 0 Å². The Bertz CT molecular complexity index is 636. The first-order valence-corrected chi connectivity index (χ1v) is 6.36. The first-order chi connectivity index (χ1) is 9.58. The lowest BCUT2D eigenvalue weighted by molar-refractivity contribution is 0.0955. The number of halogens is 3. The molecule has 0 aromatic heterocycles. The Morgan fingerprint density at radius 1 is 1.10 bits per heavy atom. The number of nitrogens with zero attached hydrogens (tertiary/aromatic N) is 1. The van der Waals surface area contributed by atoms with Crippen LogP contribution in [0.25, 0.3) is 0 Å². The topological polar surface area (TPSA) is 41.5 Å². The molecule has 0 aliphatic carbocycles. The van der Waals surface area contributed by atoms with Crippen molar-refractivity contribution < 1.29 is 9.18 Å². The molecule has 0 aliphatic heterocycles. The summed E-state index contributed by atoms with van der Waals surface area (Å²) in [6.07, 6.45) is 1.35. The molecule has 0 heterocycles. The van der Waals surface area contributed by atoms with Gasteiger partial charge in [-0.15, -0.1) is 0 Å². The minimum atomic E-state index is -0.454. The van der Waals surface area contributed by atoms with Crippen LogP contribution in [0.4, 0.5) is 4.39 Å². The van der Waals surface area contributed by atoms with Crippen molar-refractivity contribution in [1.82, 2.24) is 5.43 Å². The summed E-state index contributed by atoms with van der Waals surface area (Å²) in [6, 6.07) is 10.2. The third-order valence-electron chi connectivity index (χ3n) is 2.47. The fourth-order valence-corrected chi connectivity index (χ4v) is 1.95. The molecule has 2 aromatic rings. The van der Waals surface area contributed by atoms with Gasteiger partial charge in [0.2, 0.25) is 0 Å². The van der Waals surface area contributed by atoms with Crippen molar-refractivity contribution in [2.24, 2.45) is 5.10 Å². The van der Waals surface area contributed by atoms with E-state index in [1.807, 2.05) is 0 Å². The average molecular weight is 311 g/mol. The SMILES string of the molecule is O=C(NN=Cc1c(Cl)cccc1Cl)c1ccc(F)cc1.